The quantitative estimate of drug-likeness (QED) is 0.143. The number of aromatic nitrogens is 2. The molecule has 0 unspecified atom stereocenters. The number of nitrogens with zero attached hydrogens (tertiary/aromatic N) is 6. The SMILES string of the molecule is [C-]#[N+]c1cc(C(C)(C)c2cc(C#N)c(-n3c4ccc(-c5ccccc5)cc4c4cc(-c5ccccc5)ccc43)c([N+]#[C-])c2)cc(C#N)c1-n1c2ccc(-c3ccccc3)cc2c2cc(-c3ccccc3)ccc21. The van der Waals surface area contributed by atoms with Gasteiger partial charge < -0.3 is 9.13 Å². The van der Waals surface area contributed by atoms with Crippen LogP contribution in [0.25, 0.3) is 109 Å². The van der Waals surface area contributed by atoms with Crippen LogP contribution < -0.4 is 0 Å². The summed E-state index contributed by atoms with van der Waals surface area (Å²) < 4.78 is 4.13. The van der Waals surface area contributed by atoms with E-state index in [9.17, 15) is 10.5 Å². The van der Waals surface area contributed by atoms with Gasteiger partial charge in [0.2, 0.25) is 11.4 Å². The first-order valence-electron chi connectivity index (χ1n) is 24.1. The Balaban J connectivity index is 1.02. The molecule has 2 heterocycles. The van der Waals surface area contributed by atoms with Crippen molar-refractivity contribution in [3.63, 3.8) is 0 Å². The van der Waals surface area contributed by atoms with E-state index in [4.69, 9.17) is 13.1 Å². The van der Waals surface area contributed by atoms with Gasteiger partial charge in [-0.15, -0.1) is 0 Å². The minimum Gasteiger partial charge on any atom is -0.318 e. The van der Waals surface area contributed by atoms with Crippen molar-refractivity contribution in [3.8, 4) is 68.0 Å². The Morgan fingerprint density at radius 3 is 0.877 bits per heavy atom. The van der Waals surface area contributed by atoms with Crippen LogP contribution in [0.5, 0.6) is 0 Å². The molecule has 73 heavy (non-hydrogen) atoms. The third kappa shape index (κ3) is 7.31. The highest BCUT2D eigenvalue weighted by Gasteiger charge is 2.30. The van der Waals surface area contributed by atoms with Crippen LogP contribution in [-0.2, 0) is 5.41 Å². The molecular formula is C67H42N6. The standard InChI is InChI=1S/C67H42N6/c1-67(2,53-33-51(41-68)65(59(39-53)70-3)72-61-29-25-47(43-17-9-5-10-18-43)35-55(61)56-36-48(26-30-62(56)72)44-19-11-6-12-20-44)54-34-52(42-69)66(60(40-54)71-4)73-63-31-27-49(45-21-13-7-14-22-45)37-57(63)58-38-50(28-32-64(58)73)46-23-15-8-16-24-46/h5-40H,1-2H3. The molecule has 2 aromatic heterocycles. The molecule has 0 fully saturated rings. The summed E-state index contributed by atoms with van der Waals surface area (Å²) >= 11 is 0. The number of rotatable bonds is 8. The van der Waals surface area contributed by atoms with Gasteiger partial charge in [0, 0.05) is 27.0 Å². The van der Waals surface area contributed by atoms with Crippen LogP contribution in [0, 0.1) is 35.8 Å². The fourth-order valence-corrected chi connectivity index (χ4v) is 10.7. The van der Waals surface area contributed by atoms with E-state index < -0.39 is 5.41 Å². The molecule has 6 nitrogen and oxygen atoms in total. The van der Waals surface area contributed by atoms with Gasteiger partial charge in [-0.25, -0.2) is 9.69 Å². The molecule has 0 radical (unpaired) electrons. The molecule has 0 amide bonds. The molecular weight excluding hydrogens is 889 g/mol. The molecule has 0 aliphatic carbocycles. The smallest absolute Gasteiger partial charge is 0.212 e. The number of fused-ring (bicyclic) bond motifs is 6. The molecule has 0 atom stereocenters. The molecule has 0 spiro atoms. The van der Waals surface area contributed by atoms with E-state index in [0.717, 1.165) is 88.1 Å². The summed E-state index contributed by atoms with van der Waals surface area (Å²) in [5, 5.41) is 26.3. The van der Waals surface area contributed by atoms with Crippen molar-refractivity contribution >= 4 is 55.0 Å². The monoisotopic (exact) mass is 930 g/mol. The van der Waals surface area contributed by atoms with Gasteiger partial charge in [-0.05, 0) is 116 Å². The average molecular weight is 931 g/mol. The second-order valence-corrected chi connectivity index (χ2v) is 18.9. The first-order chi connectivity index (χ1) is 35.8. The Morgan fingerprint density at radius 2 is 0.630 bits per heavy atom. The molecule has 12 rings (SSSR count). The number of nitriles is 2. The van der Waals surface area contributed by atoms with Crippen LogP contribution in [0.2, 0.25) is 0 Å². The number of hydrogen-bond acceptors (Lipinski definition) is 2. The van der Waals surface area contributed by atoms with Crippen molar-refractivity contribution in [2.75, 3.05) is 0 Å². The Hall–Kier alpha value is -10.2. The molecule has 0 aliphatic rings. The highest BCUT2D eigenvalue weighted by atomic mass is 15.0. The van der Waals surface area contributed by atoms with Crippen molar-refractivity contribution in [1.82, 2.24) is 9.13 Å². The molecule has 6 heteroatoms. The molecule has 340 valence electrons. The Kier molecular flexibility index (Phi) is 10.6. The normalized spacial score (nSPS) is 11.4. The minimum atomic E-state index is -0.862. The Labute approximate surface area is 423 Å². The van der Waals surface area contributed by atoms with Gasteiger partial charge >= 0.3 is 0 Å². The summed E-state index contributed by atoms with van der Waals surface area (Å²) in [7, 11) is 0. The lowest BCUT2D eigenvalue weighted by atomic mass is 9.76. The van der Waals surface area contributed by atoms with Gasteiger partial charge in [-0.1, -0.05) is 172 Å². The van der Waals surface area contributed by atoms with E-state index in [1.807, 2.05) is 111 Å². The number of hydrogen-bond donors (Lipinski definition) is 0. The molecule has 10 aromatic carbocycles. The lowest BCUT2D eigenvalue weighted by Gasteiger charge is -2.29. The van der Waals surface area contributed by atoms with Crippen LogP contribution in [0.3, 0.4) is 0 Å². The summed E-state index contributed by atoms with van der Waals surface area (Å²) in [5.41, 5.74) is 15.0. The number of benzene rings is 10. The first kappa shape index (κ1) is 44.0. The van der Waals surface area contributed by atoms with Crippen LogP contribution in [0.4, 0.5) is 11.4 Å². The minimum absolute atomic E-state index is 0.317. The van der Waals surface area contributed by atoms with Crippen LogP contribution in [-0.4, -0.2) is 9.13 Å². The van der Waals surface area contributed by atoms with Crippen LogP contribution in [0.1, 0.15) is 36.1 Å². The van der Waals surface area contributed by atoms with Gasteiger partial charge in [0.15, 0.2) is 0 Å². The predicted octanol–water partition coefficient (Wildman–Crippen LogP) is 17.7. The summed E-state index contributed by atoms with van der Waals surface area (Å²) in [6, 6.07) is 79.1. The molecule has 0 saturated carbocycles. The lowest BCUT2D eigenvalue weighted by molar-refractivity contribution is 0.641. The zero-order chi connectivity index (χ0) is 49.8. The highest BCUT2D eigenvalue weighted by Crippen LogP contribution is 2.46. The van der Waals surface area contributed by atoms with Crippen LogP contribution in [0.15, 0.2) is 218 Å². The summed E-state index contributed by atoms with van der Waals surface area (Å²) in [6.07, 6.45) is 0. The molecule has 0 N–H and O–H groups in total. The van der Waals surface area contributed by atoms with Gasteiger partial charge in [-0.3, -0.25) is 0 Å². The van der Waals surface area contributed by atoms with E-state index in [1.54, 1.807) is 0 Å². The van der Waals surface area contributed by atoms with Crippen molar-refractivity contribution in [2.45, 2.75) is 19.3 Å². The summed E-state index contributed by atoms with van der Waals surface area (Å²) in [4.78, 5) is 8.29. The predicted molar refractivity (Wildman–Crippen MR) is 297 cm³/mol. The van der Waals surface area contributed by atoms with Crippen molar-refractivity contribution in [1.29, 1.82) is 10.5 Å². The van der Waals surface area contributed by atoms with Crippen molar-refractivity contribution < 1.29 is 0 Å². The fourth-order valence-electron chi connectivity index (χ4n) is 10.7. The molecule has 0 saturated heterocycles. The highest BCUT2D eigenvalue weighted by molar-refractivity contribution is 6.13. The summed E-state index contributed by atoms with van der Waals surface area (Å²) in [5.74, 6) is 0. The van der Waals surface area contributed by atoms with Crippen molar-refractivity contribution in [2.24, 2.45) is 0 Å². The third-order valence-electron chi connectivity index (χ3n) is 14.5. The molecule has 0 aliphatic heterocycles. The van der Waals surface area contributed by atoms with E-state index in [0.29, 0.717) is 45.0 Å². The van der Waals surface area contributed by atoms with Gasteiger partial charge in [-0.2, -0.15) is 10.5 Å². The Bertz CT molecular complexity index is 3820. The van der Waals surface area contributed by atoms with E-state index in [2.05, 4.69) is 152 Å². The largest absolute Gasteiger partial charge is 0.318 e. The maximum atomic E-state index is 11.1. The topological polar surface area (TPSA) is 66.2 Å². The molecule has 0 bridgehead atoms. The second-order valence-electron chi connectivity index (χ2n) is 18.9. The van der Waals surface area contributed by atoms with Crippen LogP contribution >= 0.6 is 0 Å². The summed E-state index contributed by atoms with van der Waals surface area (Å²) in [6.45, 7) is 21.4. The Morgan fingerprint density at radius 1 is 0.356 bits per heavy atom. The fraction of sp³-hybridized carbons (Fsp3) is 0.0448. The molecule has 12 aromatic rings. The van der Waals surface area contributed by atoms with E-state index in [1.165, 1.54) is 0 Å². The van der Waals surface area contributed by atoms with Gasteiger partial charge in [0.25, 0.3) is 0 Å². The van der Waals surface area contributed by atoms with Gasteiger partial charge in [0.1, 0.15) is 0 Å². The maximum Gasteiger partial charge on any atom is 0.212 e. The first-order valence-corrected chi connectivity index (χ1v) is 24.1. The third-order valence-corrected chi connectivity index (χ3v) is 14.5. The van der Waals surface area contributed by atoms with E-state index in [-0.39, 0.29) is 0 Å². The van der Waals surface area contributed by atoms with E-state index >= 15 is 0 Å². The van der Waals surface area contributed by atoms with Crippen molar-refractivity contribution in [3.05, 3.63) is 263 Å². The zero-order valence-corrected chi connectivity index (χ0v) is 40.0. The second kappa shape index (κ2) is 17.6. The zero-order valence-electron chi connectivity index (χ0n) is 40.0. The van der Waals surface area contributed by atoms with Gasteiger partial charge in [0.05, 0.1) is 69.9 Å². The average Bonchev–Trinajstić information content (AvgIpc) is 3.95. The lowest BCUT2D eigenvalue weighted by Crippen LogP contribution is -2.20. The maximum absolute atomic E-state index is 11.1.